The molecule has 1 saturated heterocycles. The molecule has 5 unspecified atom stereocenters. The van der Waals surface area contributed by atoms with E-state index in [9.17, 15) is 9.18 Å². The molecule has 3 aliphatic heterocycles. The number of nitrogens with zero attached hydrogens (tertiary/aromatic N) is 1. The van der Waals surface area contributed by atoms with Crippen molar-refractivity contribution in [3.8, 4) is 23.0 Å². The van der Waals surface area contributed by atoms with E-state index in [1.54, 1.807) is 40.6 Å². The van der Waals surface area contributed by atoms with Crippen molar-refractivity contribution in [3.05, 3.63) is 82.2 Å². The minimum Gasteiger partial charge on any atom is -0.493 e. The maximum absolute atomic E-state index is 13.4. The van der Waals surface area contributed by atoms with Gasteiger partial charge in [-0.3, -0.25) is 9.69 Å². The van der Waals surface area contributed by atoms with Crippen LogP contribution in [0.5, 0.6) is 23.0 Å². The predicted octanol–water partition coefficient (Wildman–Crippen LogP) is 5.13. The Morgan fingerprint density at radius 3 is 2.09 bits per heavy atom. The fourth-order valence-corrected chi connectivity index (χ4v) is 7.08. The van der Waals surface area contributed by atoms with E-state index in [0.29, 0.717) is 17.2 Å². The molecule has 0 amide bonds. The van der Waals surface area contributed by atoms with E-state index in [4.69, 9.17) is 23.7 Å². The third-order valence-electron chi connectivity index (χ3n) is 9.25. The lowest BCUT2D eigenvalue weighted by atomic mass is 9.76. The first-order valence-electron chi connectivity index (χ1n) is 14.8. The van der Waals surface area contributed by atoms with Crippen molar-refractivity contribution in [1.82, 2.24) is 10.2 Å². The number of piperazine rings is 1. The van der Waals surface area contributed by atoms with Crippen LogP contribution in [0.25, 0.3) is 0 Å². The van der Waals surface area contributed by atoms with Crippen LogP contribution in [0.1, 0.15) is 59.2 Å². The Bertz CT molecular complexity index is 1500. The summed E-state index contributed by atoms with van der Waals surface area (Å²) in [5.41, 5.74) is 5.60. The molecule has 3 aliphatic rings. The van der Waals surface area contributed by atoms with Gasteiger partial charge < -0.3 is 29.0 Å². The molecular weight excluding hydrogens is 551 g/mol. The van der Waals surface area contributed by atoms with Crippen molar-refractivity contribution < 1.29 is 32.9 Å². The number of benzene rings is 3. The summed E-state index contributed by atoms with van der Waals surface area (Å²) in [5, 5.41) is 3.88. The molecule has 5 atom stereocenters. The Labute approximate surface area is 252 Å². The van der Waals surface area contributed by atoms with Crippen LogP contribution in [-0.2, 0) is 22.4 Å². The monoisotopic (exact) mass is 590 g/mol. The van der Waals surface area contributed by atoms with Crippen LogP contribution < -0.4 is 24.3 Å². The number of carbonyl (C=O) groups is 1. The molecule has 1 N–H and O–H groups in total. The molecular formula is C34H39FN2O6. The van der Waals surface area contributed by atoms with Gasteiger partial charge in [0, 0.05) is 24.7 Å². The number of hydrogen-bond acceptors (Lipinski definition) is 8. The smallest absolute Gasteiger partial charge is 0.306 e. The summed E-state index contributed by atoms with van der Waals surface area (Å²) in [6.45, 7) is 2.97. The Hall–Kier alpha value is -3.82. The van der Waals surface area contributed by atoms with Gasteiger partial charge in [-0.1, -0.05) is 19.1 Å². The molecule has 43 heavy (non-hydrogen) atoms. The summed E-state index contributed by atoms with van der Waals surface area (Å²) < 4.78 is 42.0. The number of esters is 1. The first-order valence-corrected chi connectivity index (χ1v) is 14.8. The van der Waals surface area contributed by atoms with Gasteiger partial charge in [-0.2, -0.15) is 0 Å². The fraction of sp³-hybridized carbons (Fsp3) is 0.441. The van der Waals surface area contributed by atoms with Gasteiger partial charge in [-0.15, -0.1) is 0 Å². The SMILES string of the molecule is COc1cc2c(cc1OC)C1NC(C2)CN2C(COC(=O)CC(C)c3ccc(F)cc3)c3cc(OC)c(OC)cc3CC12. The van der Waals surface area contributed by atoms with Gasteiger partial charge in [-0.25, -0.2) is 4.39 Å². The van der Waals surface area contributed by atoms with Crippen molar-refractivity contribution >= 4 is 5.97 Å². The highest BCUT2D eigenvalue weighted by Crippen LogP contribution is 2.47. The minimum atomic E-state index is -0.294. The van der Waals surface area contributed by atoms with Gasteiger partial charge in [0.1, 0.15) is 12.4 Å². The molecule has 0 aliphatic carbocycles. The second-order valence-corrected chi connectivity index (χ2v) is 11.7. The van der Waals surface area contributed by atoms with Crippen molar-refractivity contribution in [2.75, 3.05) is 41.6 Å². The first kappa shape index (κ1) is 29.3. The number of nitrogens with one attached hydrogen (secondary N) is 1. The average Bonchev–Trinajstić information content (AvgIpc) is 3.02. The molecule has 0 spiro atoms. The molecule has 3 aromatic rings. The number of hydrogen-bond donors (Lipinski definition) is 1. The highest BCUT2D eigenvalue weighted by molar-refractivity contribution is 5.70. The molecule has 3 aromatic carbocycles. The molecule has 3 heterocycles. The van der Waals surface area contributed by atoms with Crippen LogP contribution in [0.15, 0.2) is 48.5 Å². The van der Waals surface area contributed by atoms with Crippen molar-refractivity contribution in [2.45, 2.75) is 56.3 Å². The van der Waals surface area contributed by atoms with E-state index >= 15 is 0 Å². The lowest BCUT2D eigenvalue weighted by Gasteiger charge is -2.54. The predicted molar refractivity (Wildman–Crippen MR) is 160 cm³/mol. The number of methoxy groups -OCH3 is 4. The Kier molecular flexibility index (Phi) is 8.20. The molecule has 0 saturated carbocycles. The van der Waals surface area contributed by atoms with Crippen LogP contribution in [0.2, 0.25) is 0 Å². The van der Waals surface area contributed by atoms with E-state index in [2.05, 4.69) is 28.4 Å². The molecule has 1 fully saturated rings. The van der Waals surface area contributed by atoms with Crippen LogP contribution in [0.4, 0.5) is 4.39 Å². The molecule has 228 valence electrons. The number of carbonyl (C=O) groups excluding carboxylic acids is 1. The lowest BCUT2D eigenvalue weighted by Crippen LogP contribution is -2.63. The molecule has 6 rings (SSSR count). The van der Waals surface area contributed by atoms with E-state index in [1.165, 1.54) is 23.3 Å². The maximum atomic E-state index is 13.4. The molecule has 0 radical (unpaired) electrons. The quantitative estimate of drug-likeness (QED) is 0.344. The van der Waals surface area contributed by atoms with E-state index < -0.39 is 0 Å². The standard InChI is InChI=1S/C34H39FN2O6/c1-19(20-6-8-23(35)9-7-20)10-33(38)43-18-28-25-15-31(41-4)30(40-3)14-22(25)12-27-34-26-16-32(42-5)29(39-2)13-21(26)11-24(36-34)17-37(27)28/h6-9,13-16,19,24,27-28,34,36H,10-12,17-18H2,1-5H3. The highest BCUT2D eigenvalue weighted by atomic mass is 19.1. The van der Waals surface area contributed by atoms with E-state index in [0.717, 1.165) is 41.8 Å². The second kappa shape index (κ2) is 12.1. The molecule has 2 bridgehead atoms. The number of fused-ring (bicyclic) bond motifs is 7. The lowest BCUT2D eigenvalue weighted by molar-refractivity contribution is -0.147. The average molecular weight is 591 g/mol. The van der Waals surface area contributed by atoms with E-state index in [1.807, 2.05) is 13.0 Å². The summed E-state index contributed by atoms with van der Waals surface area (Å²) in [6.07, 6.45) is 1.86. The maximum Gasteiger partial charge on any atom is 0.306 e. The highest BCUT2D eigenvalue weighted by Gasteiger charge is 2.47. The molecule has 0 aromatic heterocycles. The van der Waals surface area contributed by atoms with Gasteiger partial charge in [0.05, 0.1) is 40.9 Å². The number of halogens is 1. The summed E-state index contributed by atoms with van der Waals surface area (Å²) in [6, 6.07) is 14.8. The van der Waals surface area contributed by atoms with Gasteiger partial charge >= 0.3 is 5.97 Å². The summed E-state index contributed by atoms with van der Waals surface area (Å²) in [5.74, 6) is 2.11. The van der Waals surface area contributed by atoms with Crippen molar-refractivity contribution in [3.63, 3.8) is 0 Å². The van der Waals surface area contributed by atoms with Crippen LogP contribution in [0, 0.1) is 5.82 Å². The van der Waals surface area contributed by atoms with Crippen LogP contribution in [0.3, 0.4) is 0 Å². The normalized spacial score (nSPS) is 22.8. The molecule has 8 nitrogen and oxygen atoms in total. The number of ether oxygens (including phenoxy) is 5. The zero-order valence-electron chi connectivity index (χ0n) is 25.3. The largest absolute Gasteiger partial charge is 0.493 e. The van der Waals surface area contributed by atoms with Gasteiger partial charge in [0.25, 0.3) is 0 Å². The third-order valence-corrected chi connectivity index (χ3v) is 9.25. The molecule has 9 heteroatoms. The summed E-state index contributed by atoms with van der Waals surface area (Å²) in [4.78, 5) is 15.6. The summed E-state index contributed by atoms with van der Waals surface area (Å²) in [7, 11) is 6.61. The van der Waals surface area contributed by atoms with E-state index in [-0.39, 0.29) is 54.9 Å². The Morgan fingerprint density at radius 1 is 0.884 bits per heavy atom. The Morgan fingerprint density at radius 2 is 1.47 bits per heavy atom. The van der Waals surface area contributed by atoms with Crippen molar-refractivity contribution in [2.24, 2.45) is 0 Å². The first-order chi connectivity index (χ1) is 20.8. The van der Waals surface area contributed by atoms with Crippen LogP contribution in [-0.4, -0.2) is 64.5 Å². The zero-order chi connectivity index (χ0) is 30.2. The minimum absolute atomic E-state index is 0.0558. The second-order valence-electron chi connectivity index (χ2n) is 11.7. The Balaban J connectivity index is 1.31. The number of rotatable bonds is 9. The zero-order valence-corrected chi connectivity index (χ0v) is 25.3. The van der Waals surface area contributed by atoms with Gasteiger partial charge in [-0.05, 0) is 83.0 Å². The summed E-state index contributed by atoms with van der Waals surface area (Å²) >= 11 is 0. The van der Waals surface area contributed by atoms with Gasteiger partial charge in [0.2, 0.25) is 0 Å². The van der Waals surface area contributed by atoms with Crippen LogP contribution >= 0.6 is 0 Å². The van der Waals surface area contributed by atoms with Gasteiger partial charge in [0.15, 0.2) is 23.0 Å². The van der Waals surface area contributed by atoms with Crippen molar-refractivity contribution in [1.29, 1.82) is 0 Å². The fourth-order valence-electron chi connectivity index (χ4n) is 7.08. The topological polar surface area (TPSA) is 78.5 Å². The third kappa shape index (κ3) is 5.52.